The molecular formula is C11H21ClN2OS. The molecule has 1 aromatic rings. The van der Waals surface area contributed by atoms with Gasteiger partial charge in [-0.15, -0.1) is 23.7 Å². The largest absolute Gasteiger partial charge is 0.379 e. The highest BCUT2D eigenvalue weighted by Crippen LogP contribution is 2.09. The third-order valence-electron chi connectivity index (χ3n) is 2.20. The van der Waals surface area contributed by atoms with Crippen molar-refractivity contribution in [3.8, 4) is 0 Å². The van der Waals surface area contributed by atoms with Crippen molar-refractivity contribution in [3.63, 3.8) is 0 Å². The number of nitrogens with zero attached hydrogens (tertiary/aromatic N) is 1. The number of likely N-dealkylation sites (N-methyl/N-ethyl adjacent to an activating group) is 1. The number of ether oxygens (including phenoxy) is 1. The summed E-state index contributed by atoms with van der Waals surface area (Å²) in [5, 5.41) is 2.12. The zero-order chi connectivity index (χ0) is 10.9. The Morgan fingerprint density at radius 1 is 1.38 bits per heavy atom. The molecule has 94 valence electrons. The van der Waals surface area contributed by atoms with Crippen molar-refractivity contribution < 1.29 is 4.74 Å². The highest BCUT2D eigenvalue weighted by molar-refractivity contribution is 7.09. The lowest BCUT2D eigenvalue weighted by atomic mass is 10.3. The highest BCUT2D eigenvalue weighted by Gasteiger charge is 1.99. The summed E-state index contributed by atoms with van der Waals surface area (Å²) < 4.78 is 5.33. The molecule has 0 spiro atoms. The van der Waals surface area contributed by atoms with E-state index in [0.29, 0.717) is 13.2 Å². The normalized spacial score (nSPS) is 10.4. The first-order valence-corrected chi connectivity index (χ1v) is 6.19. The minimum absolute atomic E-state index is 0. The van der Waals surface area contributed by atoms with Crippen LogP contribution in [0, 0.1) is 0 Å². The van der Waals surface area contributed by atoms with E-state index in [1.54, 1.807) is 0 Å². The van der Waals surface area contributed by atoms with E-state index in [-0.39, 0.29) is 12.4 Å². The smallest absolute Gasteiger partial charge is 0.0593 e. The maximum Gasteiger partial charge on any atom is 0.0593 e. The van der Waals surface area contributed by atoms with Gasteiger partial charge in [0.1, 0.15) is 0 Å². The summed E-state index contributed by atoms with van der Waals surface area (Å²) in [6.07, 6.45) is 1.13. The Labute approximate surface area is 108 Å². The van der Waals surface area contributed by atoms with E-state index >= 15 is 0 Å². The lowest BCUT2D eigenvalue weighted by Crippen LogP contribution is -2.26. The summed E-state index contributed by atoms with van der Waals surface area (Å²) in [5.74, 6) is 0. The van der Waals surface area contributed by atoms with Crippen LogP contribution in [0.5, 0.6) is 0 Å². The summed E-state index contributed by atoms with van der Waals surface area (Å²) >= 11 is 1.82. The minimum Gasteiger partial charge on any atom is -0.379 e. The van der Waals surface area contributed by atoms with Gasteiger partial charge in [0.15, 0.2) is 0 Å². The second kappa shape index (κ2) is 10.1. The van der Waals surface area contributed by atoms with Crippen LogP contribution in [0.4, 0.5) is 0 Å². The van der Waals surface area contributed by atoms with Gasteiger partial charge in [0.2, 0.25) is 0 Å². The second-order valence-electron chi connectivity index (χ2n) is 3.53. The first kappa shape index (κ1) is 15.9. The van der Waals surface area contributed by atoms with Crippen molar-refractivity contribution in [2.24, 2.45) is 5.73 Å². The quantitative estimate of drug-likeness (QED) is 0.726. The first-order chi connectivity index (χ1) is 7.33. The Morgan fingerprint density at radius 3 is 2.81 bits per heavy atom. The topological polar surface area (TPSA) is 38.5 Å². The van der Waals surface area contributed by atoms with Gasteiger partial charge in [-0.05, 0) is 24.9 Å². The molecule has 0 aliphatic heterocycles. The average Bonchev–Trinajstić information content (AvgIpc) is 2.74. The fourth-order valence-corrected chi connectivity index (χ4v) is 1.97. The summed E-state index contributed by atoms with van der Waals surface area (Å²) in [6.45, 7) is 4.12. The van der Waals surface area contributed by atoms with E-state index in [9.17, 15) is 0 Å². The molecule has 1 aromatic heterocycles. The molecule has 1 rings (SSSR count). The molecule has 0 fully saturated rings. The van der Waals surface area contributed by atoms with Crippen molar-refractivity contribution in [2.45, 2.75) is 6.42 Å². The van der Waals surface area contributed by atoms with Crippen LogP contribution in [-0.2, 0) is 11.2 Å². The van der Waals surface area contributed by atoms with Crippen LogP contribution < -0.4 is 5.73 Å². The van der Waals surface area contributed by atoms with Crippen molar-refractivity contribution >= 4 is 23.7 Å². The maximum atomic E-state index is 5.33. The molecule has 2 N–H and O–H groups in total. The van der Waals surface area contributed by atoms with E-state index in [0.717, 1.165) is 26.1 Å². The van der Waals surface area contributed by atoms with Crippen LogP contribution >= 0.6 is 23.7 Å². The van der Waals surface area contributed by atoms with Crippen LogP contribution in [0.25, 0.3) is 0 Å². The van der Waals surface area contributed by atoms with Crippen LogP contribution in [-0.4, -0.2) is 44.8 Å². The summed E-state index contributed by atoms with van der Waals surface area (Å²) in [6, 6.07) is 4.29. The highest BCUT2D eigenvalue weighted by atomic mass is 35.5. The third-order valence-corrected chi connectivity index (χ3v) is 3.14. The molecule has 0 unspecified atom stereocenters. The van der Waals surface area contributed by atoms with Gasteiger partial charge >= 0.3 is 0 Å². The molecule has 0 saturated carbocycles. The van der Waals surface area contributed by atoms with Crippen LogP contribution in [0.15, 0.2) is 17.5 Å². The van der Waals surface area contributed by atoms with Gasteiger partial charge < -0.3 is 15.4 Å². The predicted octanol–water partition coefficient (Wildman–Crippen LogP) is 1.62. The number of thiophene rings is 1. The molecule has 0 aliphatic rings. The second-order valence-corrected chi connectivity index (χ2v) is 4.57. The zero-order valence-electron chi connectivity index (χ0n) is 9.72. The third kappa shape index (κ3) is 7.19. The summed E-state index contributed by atoms with van der Waals surface area (Å²) in [7, 11) is 2.12. The van der Waals surface area contributed by atoms with Crippen molar-refractivity contribution in [2.75, 3.05) is 39.9 Å². The first-order valence-electron chi connectivity index (χ1n) is 5.31. The standard InChI is InChI=1S/C11H20N2OS.ClH/c1-13(7-9-14-8-5-12)6-4-11-3-2-10-15-11;/h2-3,10H,4-9,12H2,1H3;1H. The van der Waals surface area contributed by atoms with Crippen molar-refractivity contribution in [1.82, 2.24) is 4.90 Å². The van der Waals surface area contributed by atoms with E-state index in [4.69, 9.17) is 10.5 Å². The van der Waals surface area contributed by atoms with Gasteiger partial charge in [0.05, 0.1) is 13.2 Å². The minimum atomic E-state index is 0. The number of nitrogens with two attached hydrogens (primary N) is 1. The van der Waals surface area contributed by atoms with E-state index in [1.165, 1.54) is 4.88 Å². The number of hydrogen-bond donors (Lipinski definition) is 1. The Kier molecular flexibility index (Phi) is 9.97. The summed E-state index contributed by atoms with van der Waals surface area (Å²) in [5.41, 5.74) is 5.33. The molecule has 0 radical (unpaired) electrons. The molecule has 3 nitrogen and oxygen atoms in total. The molecule has 0 amide bonds. The Balaban J connectivity index is 0.00000225. The SMILES string of the molecule is CN(CCOCCN)CCc1cccs1.Cl. The van der Waals surface area contributed by atoms with Crippen LogP contribution in [0.1, 0.15) is 4.88 Å². The lowest BCUT2D eigenvalue weighted by molar-refractivity contribution is 0.118. The predicted molar refractivity (Wildman–Crippen MR) is 72.6 cm³/mol. The molecule has 0 atom stereocenters. The van der Waals surface area contributed by atoms with Gasteiger partial charge in [0.25, 0.3) is 0 Å². The van der Waals surface area contributed by atoms with Crippen molar-refractivity contribution in [1.29, 1.82) is 0 Å². The number of rotatable bonds is 8. The van der Waals surface area contributed by atoms with Crippen LogP contribution in [0.2, 0.25) is 0 Å². The Bertz CT molecular complexity index is 244. The van der Waals surface area contributed by atoms with E-state index in [1.807, 2.05) is 11.3 Å². The monoisotopic (exact) mass is 264 g/mol. The van der Waals surface area contributed by atoms with Crippen molar-refractivity contribution in [3.05, 3.63) is 22.4 Å². The molecule has 0 bridgehead atoms. The molecule has 5 heteroatoms. The molecule has 1 heterocycles. The molecule has 0 aromatic carbocycles. The zero-order valence-corrected chi connectivity index (χ0v) is 11.4. The van der Waals surface area contributed by atoms with Crippen LogP contribution in [0.3, 0.4) is 0 Å². The lowest BCUT2D eigenvalue weighted by Gasteiger charge is -2.15. The fraction of sp³-hybridized carbons (Fsp3) is 0.636. The average molecular weight is 265 g/mol. The molecule has 0 aliphatic carbocycles. The van der Waals surface area contributed by atoms with Gasteiger partial charge in [-0.25, -0.2) is 0 Å². The van der Waals surface area contributed by atoms with Gasteiger partial charge in [-0.3, -0.25) is 0 Å². The Hall–Kier alpha value is -0.130. The van der Waals surface area contributed by atoms with E-state index in [2.05, 4.69) is 29.5 Å². The molecular weight excluding hydrogens is 244 g/mol. The van der Waals surface area contributed by atoms with Gasteiger partial charge in [-0.2, -0.15) is 0 Å². The number of hydrogen-bond acceptors (Lipinski definition) is 4. The summed E-state index contributed by atoms with van der Waals surface area (Å²) in [4.78, 5) is 3.74. The fourth-order valence-electron chi connectivity index (χ4n) is 1.27. The maximum absolute atomic E-state index is 5.33. The van der Waals surface area contributed by atoms with Gasteiger partial charge in [-0.1, -0.05) is 6.07 Å². The Morgan fingerprint density at radius 2 is 2.19 bits per heavy atom. The molecule has 0 saturated heterocycles. The molecule has 16 heavy (non-hydrogen) atoms. The van der Waals surface area contributed by atoms with Gasteiger partial charge in [0, 0.05) is 24.5 Å². The number of halogens is 1. The van der Waals surface area contributed by atoms with E-state index < -0.39 is 0 Å².